The number of rotatable bonds is 5. The van der Waals surface area contributed by atoms with E-state index in [9.17, 15) is 8.42 Å². The molecule has 12 nitrogen and oxygen atoms in total. The number of hydrogen-bond acceptors (Lipinski definition) is 10. The first-order chi connectivity index (χ1) is 15.0. The van der Waals surface area contributed by atoms with Gasteiger partial charge in [0.15, 0.2) is 0 Å². The minimum atomic E-state index is -3.35. The molecule has 2 saturated heterocycles. The molecule has 0 aromatic carbocycles. The number of aromatic nitrogens is 4. The highest BCUT2D eigenvalue weighted by atomic mass is 32.2. The number of nitrogens with one attached hydrogen (secondary N) is 1. The van der Waals surface area contributed by atoms with E-state index in [1.165, 1.54) is 4.31 Å². The van der Waals surface area contributed by atoms with Gasteiger partial charge in [-0.2, -0.15) is 17.7 Å². The second-order valence-electron chi connectivity index (χ2n) is 7.70. The molecule has 3 N–H and O–H groups in total. The van der Waals surface area contributed by atoms with E-state index in [-0.39, 0.29) is 18.1 Å². The van der Waals surface area contributed by atoms with Crippen LogP contribution in [0.4, 0.5) is 11.9 Å². The standard InChI is InChI=1S/C18H24N8O4S/c19-17-20-10-12(11-21-17)15-9-16(24-18(23-15)25-3-5-29-6-4-25)30-14-7-13(8-14)26-2-1-22-31(26,27)28/h9-11,13-14,22H,1-8H2,(H2,19,20,21). The Bertz CT molecular complexity index is 1040. The van der Waals surface area contributed by atoms with Crippen LogP contribution in [0.5, 0.6) is 5.88 Å². The van der Waals surface area contributed by atoms with Gasteiger partial charge in [0.1, 0.15) is 6.10 Å². The minimum Gasteiger partial charge on any atom is -0.474 e. The zero-order valence-electron chi connectivity index (χ0n) is 16.8. The first-order valence-electron chi connectivity index (χ1n) is 10.2. The number of hydrogen-bond donors (Lipinski definition) is 2. The van der Waals surface area contributed by atoms with E-state index in [1.807, 2.05) is 4.90 Å². The Balaban J connectivity index is 1.35. The average molecular weight is 449 g/mol. The molecule has 0 amide bonds. The molecule has 3 aliphatic rings. The van der Waals surface area contributed by atoms with Crippen LogP contribution in [-0.4, -0.2) is 84.2 Å². The van der Waals surface area contributed by atoms with Crippen molar-refractivity contribution in [2.24, 2.45) is 0 Å². The van der Waals surface area contributed by atoms with E-state index >= 15 is 0 Å². The van der Waals surface area contributed by atoms with Crippen molar-refractivity contribution in [3.63, 3.8) is 0 Å². The lowest BCUT2D eigenvalue weighted by molar-refractivity contribution is 0.0521. The van der Waals surface area contributed by atoms with E-state index in [1.54, 1.807) is 18.5 Å². The van der Waals surface area contributed by atoms with Gasteiger partial charge in [0, 0.05) is 69.1 Å². The van der Waals surface area contributed by atoms with Crippen LogP contribution >= 0.6 is 0 Å². The van der Waals surface area contributed by atoms with Crippen LogP contribution in [0.3, 0.4) is 0 Å². The Labute approximate surface area is 180 Å². The molecule has 3 fully saturated rings. The highest BCUT2D eigenvalue weighted by Crippen LogP contribution is 2.33. The van der Waals surface area contributed by atoms with Crippen LogP contribution in [0.2, 0.25) is 0 Å². The highest BCUT2D eigenvalue weighted by Gasteiger charge is 2.43. The van der Waals surface area contributed by atoms with Crippen LogP contribution in [0, 0.1) is 0 Å². The SMILES string of the molecule is Nc1ncc(-c2cc(OC3CC(N4CCNS4(=O)=O)C3)nc(N3CCOCC3)n2)cn1. The number of anilines is 2. The van der Waals surface area contributed by atoms with Crippen molar-refractivity contribution in [2.75, 3.05) is 50.0 Å². The second kappa shape index (κ2) is 8.15. The van der Waals surface area contributed by atoms with E-state index in [0.29, 0.717) is 75.3 Å². The van der Waals surface area contributed by atoms with E-state index in [0.717, 1.165) is 0 Å². The first-order valence-corrected chi connectivity index (χ1v) is 11.6. The molecule has 166 valence electrons. The summed E-state index contributed by atoms with van der Waals surface area (Å²) in [5, 5.41) is 0. The lowest BCUT2D eigenvalue weighted by Crippen LogP contribution is -2.50. The van der Waals surface area contributed by atoms with E-state index in [4.69, 9.17) is 15.2 Å². The molecule has 4 heterocycles. The summed E-state index contributed by atoms with van der Waals surface area (Å²) < 4.78 is 39.6. The fourth-order valence-corrected chi connectivity index (χ4v) is 5.31. The van der Waals surface area contributed by atoms with Crippen molar-refractivity contribution in [2.45, 2.75) is 25.0 Å². The third kappa shape index (κ3) is 4.26. The highest BCUT2D eigenvalue weighted by molar-refractivity contribution is 7.87. The lowest BCUT2D eigenvalue weighted by atomic mass is 9.89. The van der Waals surface area contributed by atoms with Crippen molar-refractivity contribution in [3.8, 4) is 17.1 Å². The smallest absolute Gasteiger partial charge is 0.279 e. The lowest BCUT2D eigenvalue weighted by Gasteiger charge is -2.39. The van der Waals surface area contributed by atoms with Gasteiger partial charge >= 0.3 is 0 Å². The second-order valence-corrected chi connectivity index (χ2v) is 9.40. The van der Waals surface area contributed by atoms with Crippen molar-refractivity contribution in [1.29, 1.82) is 0 Å². The Morgan fingerprint density at radius 1 is 1.13 bits per heavy atom. The molecule has 0 atom stereocenters. The molecule has 0 spiro atoms. The van der Waals surface area contributed by atoms with Gasteiger partial charge in [-0.25, -0.2) is 19.7 Å². The molecule has 0 unspecified atom stereocenters. The van der Waals surface area contributed by atoms with Gasteiger partial charge in [0.05, 0.1) is 18.9 Å². The molecule has 0 radical (unpaired) electrons. The van der Waals surface area contributed by atoms with Crippen molar-refractivity contribution in [3.05, 3.63) is 18.5 Å². The van der Waals surface area contributed by atoms with Crippen LogP contribution in [-0.2, 0) is 14.9 Å². The zero-order valence-corrected chi connectivity index (χ0v) is 17.7. The predicted molar refractivity (Wildman–Crippen MR) is 112 cm³/mol. The third-order valence-electron chi connectivity index (χ3n) is 5.64. The van der Waals surface area contributed by atoms with Gasteiger partial charge in [0.2, 0.25) is 17.8 Å². The normalized spacial score (nSPS) is 25.9. The summed E-state index contributed by atoms with van der Waals surface area (Å²) in [6, 6.07) is 1.70. The monoisotopic (exact) mass is 448 g/mol. The Morgan fingerprint density at radius 3 is 2.55 bits per heavy atom. The molecule has 31 heavy (non-hydrogen) atoms. The quantitative estimate of drug-likeness (QED) is 0.608. The number of morpholine rings is 1. The van der Waals surface area contributed by atoms with Gasteiger partial charge < -0.3 is 20.1 Å². The minimum absolute atomic E-state index is 0.0458. The summed E-state index contributed by atoms with van der Waals surface area (Å²) >= 11 is 0. The maximum atomic E-state index is 12.0. The van der Waals surface area contributed by atoms with Gasteiger partial charge in [-0.15, -0.1) is 0 Å². The van der Waals surface area contributed by atoms with Crippen LogP contribution in [0.15, 0.2) is 18.5 Å². The number of nitrogen functional groups attached to an aromatic ring is 1. The summed E-state index contributed by atoms with van der Waals surface area (Å²) in [5.74, 6) is 1.18. The Morgan fingerprint density at radius 2 is 1.87 bits per heavy atom. The molecule has 2 aromatic rings. The number of ether oxygens (including phenoxy) is 2. The van der Waals surface area contributed by atoms with Crippen LogP contribution in [0.1, 0.15) is 12.8 Å². The summed E-state index contributed by atoms with van der Waals surface area (Å²) in [6.07, 6.45) is 4.37. The van der Waals surface area contributed by atoms with Gasteiger partial charge in [0.25, 0.3) is 10.2 Å². The fourth-order valence-electron chi connectivity index (χ4n) is 3.90. The summed E-state index contributed by atoms with van der Waals surface area (Å²) in [7, 11) is -3.35. The first kappa shape index (κ1) is 20.3. The van der Waals surface area contributed by atoms with Crippen LogP contribution in [0.25, 0.3) is 11.3 Å². The molecule has 1 saturated carbocycles. The van der Waals surface area contributed by atoms with Gasteiger partial charge in [-0.05, 0) is 0 Å². The van der Waals surface area contributed by atoms with E-state index in [2.05, 4.69) is 24.7 Å². The van der Waals surface area contributed by atoms with Crippen molar-refractivity contribution in [1.82, 2.24) is 29.0 Å². The molecular formula is C18H24N8O4S. The van der Waals surface area contributed by atoms with Crippen molar-refractivity contribution >= 4 is 22.1 Å². The Hall–Kier alpha value is -2.61. The number of nitrogens with zero attached hydrogens (tertiary/aromatic N) is 6. The maximum Gasteiger partial charge on any atom is 0.279 e. The van der Waals surface area contributed by atoms with Gasteiger partial charge in [-0.3, -0.25) is 0 Å². The predicted octanol–water partition coefficient (Wildman–Crippen LogP) is -0.588. The molecule has 5 rings (SSSR count). The Kier molecular flexibility index (Phi) is 5.33. The summed E-state index contributed by atoms with van der Waals surface area (Å²) in [6.45, 7) is 3.54. The maximum absolute atomic E-state index is 12.0. The molecule has 2 aliphatic heterocycles. The zero-order chi connectivity index (χ0) is 21.4. The molecule has 1 aliphatic carbocycles. The van der Waals surface area contributed by atoms with Crippen LogP contribution < -0.4 is 20.1 Å². The third-order valence-corrected chi connectivity index (χ3v) is 7.31. The van der Waals surface area contributed by atoms with Crippen molar-refractivity contribution < 1.29 is 17.9 Å². The van der Waals surface area contributed by atoms with Gasteiger partial charge in [-0.1, -0.05) is 0 Å². The summed E-state index contributed by atoms with van der Waals surface area (Å²) in [4.78, 5) is 19.4. The number of nitrogens with two attached hydrogens (primary N) is 1. The van der Waals surface area contributed by atoms with E-state index < -0.39 is 10.2 Å². The molecular weight excluding hydrogens is 424 g/mol. The average Bonchev–Trinajstić information content (AvgIpc) is 3.10. The topological polar surface area (TPSA) is 149 Å². The fraction of sp³-hybridized carbons (Fsp3) is 0.556. The largest absolute Gasteiger partial charge is 0.474 e. The molecule has 0 bridgehead atoms. The summed E-state index contributed by atoms with van der Waals surface area (Å²) in [5.41, 5.74) is 6.94. The molecule has 13 heteroatoms. The molecule has 2 aromatic heterocycles.